The van der Waals surface area contributed by atoms with Crippen molar-refractivity contribution in [2.75, 3.05) is 14.2 Å². The Morgan fingerprint density at radius 2 is 1.84 bits per heavy atom. The van der Waals surface area contributed by atoms with E-state index in [9.17, 15) is 18.0 Å². The molecule has 0 atom stereocenters. The minimum absolute atomic E-state index is 0.210. The Morgan fingerprint density at radius 1 is 1.26 bits per heavy atom. The molecule has 19 heavy (non-hydrogen) atoms. The largest absolute Gasteiger partial charge is 0.573 e. The number of benzene rings is 1. The van der Waals surface area contributed by atoms with Gasteiger partial charge in [0.1, 0.15) is 5.75 Å². The Hall–Kier alpha value is -1.76. The van der Waals surface area contributed by atoms with Crippen LogP contribution in [0.25, 0.3) is 0 Å². The minimum Gasteiger partial charge on any atom is -0.406 e. The molecule has 0 aromatic heterocycles. The average Bonchev–Trinajstić information content (AvgIpc) is 2.34. The summed E-state index contributed by atoms with van der Waals surface area (Å²) in [6, 6.07) is 5.41. The molecule has 1 aromatic rings. The van der Waals surface area contributed by atoms with Crippen LogP contribution in [0, 0.1) is 0 Å². The number of amides is 1. The van der Waals surface area contributed by atoms with Crippen molar-refractivity contribution in [2.24, 2.45) is 0 Å². The fourth-order valence-corrected chi connectivity index (χ4v) is 1.37. The van der Waals surface area contributed by atoms with Gasteiger partial charge in [0.05, 0.1) is 7.11 Å². The van der Waals surface area contributed by atoms with Crippen LogP contribution in [0.3, 0.4) is 0 Å². The van der Waals surface area contributed by atoms with Crippen molar-refractivity contribution in [3.05, 3.63) is 29.8 Å². The van der Waals surface area contributed by atoms with E-state index in [1.54, 1.807) is 0 Å². The minimum atomic E-state index is -4.70. The second kappa shape index (κ2) is 6.42. The third-order valence-electron chi connectivity index (χ3n) is 2.41. The van der Waals surface area contributed by atoms with Gasteiger partial charge >= 0.3 is 6.36 Å². The molecule has 0 unspecified atom stereocenters. The molecule has 7 heteroatoms. The second-order valence-corrected chi connectivity index (χ2v) is 3.77. The first kappa shape index (κ1) is 15.3. The summed E-state index contributed by atoms with van der Waals surface area (Å²) < 4.78 is 39.6. The molecule has 0 heterocycles. The third kappa shape index (κ3) is 5.60. The lowest BCUT2D eigenvalue weighted by atomic mass is 10.1. The maximum atomic E-state index is 11.9. The first-order valence-electron chi connectivity index (χ1n) is 5.47. The summed E-state index contributed by atoms with van der Waals surface area (Å²) in [5.74, 6) is -0.491. The van der Waals surface area contributed by atoms with E-state index in [0.29, 0.717) is 6.42 Å². The van der Waals surface area contributed by atoms with Gasteiger partial charge < -0.3 is 4.74 Å². The van der Waals surface area contributed by atoms with Crippen LogP contribution in [0.4, 0.5) is 13.2 Å². The molecular weight excluding hydrogens is 263 g/mol. The van der Waals surface area contributed by atoms with Crippen LogP contribution >= 0.6 is 0 Å². The number of alkyl halides is 3. The summed E-state index contributed by atoms with van der Waals surface area (Å²) in [5.41, 5.74) is 0.743. The van der Waals surface area contributed by atoms with Gasteiger partial charge in [-0.25, -0.2) is 5.06 Å². The highest BCUT2D eigenvalue weighted by Crippen LogP contribution is 2.23. The number of carbonyl (C=O) groups excluding carboxylic acids is 1. The van der Waals surface area contributed by atoms with E-state index in [4.69, 9.17) is 4.84 Å². The predicted molar refractivity (Wildman–Crippen MR) is 61.2 cm³/mol. The molecule has 0 aliphatic carbocycles. The van der Waals surface area contributed by atoms with E-state index < -0.39 is 6.36 Å². The number of carbonyl (C=O) groups is 1. The van der Waals surface area contributed by atoms with E-state index in [0.717, 1.165) is 10.6 Å². The Bertz CT molecular complexity index is 417. The van der Waals surface area contributed by atoms with Crippen molar-refractivity contribution in [1.29, 1.82) is 0 Å². The molecular formula is C12H14F3NO3. The number of hydrogen-bond acceptors (Lipinski definition) is 3. The summed E-state index contributed by atoms with van der Waals surface area (Å²) in [4.78, 5) is 16.1. The second-order valence-electron chi connectivity index (χ2n) is 3.77. The highest BCUT2D eigenvalue weighted by molar-refractivity contribution is 5.75. The molecule has 0 saturated heterocycles. The predicted octanol–water partition coefficient (Wildman–Crippen LogP) is 2.54. The number of hydrogen-bond donors (Lipinski definition) is 0. The fraction of sp³-hybridized carbons (Fsp3) is 0.417. The average molecular weight is 277 g/mol. The number of ether oxygens (including phenoxy) is 1. The molecule has 106 valence electrons. The van der Waals surface area contributed by atoms with Crippen LogP contribution in [-0.4, -0.2) is 31.5 Å². The van der Waals surface area contributed by atoms with E-state index in [-0.39, 0.29) is 18.1 Å². The maximum Gasteiger partial charge on any atom is 0.573 e. The first-order valence-corrected chi connectivity index (χ1v) is 5.47. The monoisotopic (exact) mass is 277 g/mol. The van der Waals surface area contributed by atoms with Gasteiger partial charge in [0.25, 0.3) is 0 Å². The van der Waals surface area contributed by atoms with E-state index >= 15 is 0 Å². The zero-order chi connectivity index (χ0) is 14.5. The quantitative estimate of drug-likeness (QED) is 0.776. The Morgan fingerprint density at radius 3 is 2.32 bits per heavy atom. The molecule has 0 radical (unpaired) electrons. The summed E-state index contributed by atoms with van der Waals surface area (Å²) in [6.07, 6.45) is -4.07. The number of rotatable bonds is 5. The molecule has 4 nitrogen and oxygen atoms in total. The molecule has 0 fully saturated rings. The molecule has 1 aromatic carbocycles. The Labute approximate surface area is 108 Å². The normalized spacial score (nSPS) is 11.2. The molecule has 0 bridgehead atoms. The van der Waals surface area contributed by atoms with Crippen molar-refractivity contribution < 1.29 is 27.5 Å². The standard InChI is InChI=1S/C12H14F3NO3/c1-16(18-2)11(17)8-5-9-3-6-10(7-4-9)19-12(13,14)15/h3-4,6-7H,5,8H2,1-2H3. The van der Waals surface area contributed by atoms with Crippen LogP contribution in [-0.2, 0) is 16.1 Å². The molecule has 0 aliphatic rings. The molecule has 0 saturated carbocycles. The Kier molecular flexibility index (Phi) is 5.17. The summed E-state index contributed by atoms with van der Waals surface area (Å²) in [6.45, 7) is 0. The van der Waals surface area contributed by atoms with Gasteiger partial charge in [0, 0.05) is 13.5 Å². The SMILES string of the molecule is CON(C)C(=O)CCc1ccc(OC(F)(F)F)cc1. The van der Waals surface area contributed by atoms with Gasteiger partial charge in [-0.3, -0.25) is 9.63 Å². The van der Waals surface area contributed by atoms with Gasteiger partial charge in [-0.1, -0.05) is 12.1 Å². The van der Waals surface area contributed by atoms with Crippen molar-refractivity contribution >= 4 is 5.91 Å². The number of aryl methyl sites for hydroxylation is 1. The van der Waals surface area contributed by atoms with Gasteiger partial charge in [0.15, 0.2) is 0 Å². The summed E-state index contributed by atoms with van der Waals surface area (Å²) in [5, 5.41) is 1.10. The highest BCUT2D eigenvalue weighted by Gasteiger charge is 2.30. The molecule has 0 spiro atoms. The van der Waals surface area contributed by atoms with E-state index in [2.05, 4.69) is 4.74 Å². The van der Waals surface area contributed by atoms with Gasteiger partial charge in [-0.2, -0.15) is 0 Å². The first-order chi connectivity index (χ1) is 8.81. The highest BCUT2D eigenvalue weighted by atomic mass is 19.4. The van der Waals surface area contributed by atoms with Gasteiger partial charge in [-0.05, 0) is 24.1 Å². The molecule has 0 aliphatic heterocycles. The van der Waals surface area contributed by atoms with Gasteiger partial charge in [0.2, 0.25) is 5.91 Å². The van der Waals surface area contributed by atoms with E-state index in [1.165, 1.54) is 38.4 Å². The number of nitrogens with zero attached hydrogens (tertiary/aromatic N) is 1. The lowest BCUT2D eigenvalue weighted by Crippen LogP contribution is -2.25. The van der Waals surface area contributed by atoms with Crippen molar-refractivity contribution in [3.63, 3.8) is 0 Å². The van der Waals surface area contributed by atoms with Crippen LogP contribution < -0.4 is 4.74 Å². The summed E-state index contributed by atoms with van der Waals surface area (Å²) in [7, 11) is 2.86. The lowest BCUT2D eigenvalue weighted by Gasteiger charge is -2.13. The lowest BCUT2D eigenvalue weighted by molar-refractivity contribution is -0.274. The fourth-order valence-electron chi connectivity index (χ4n) is 1.37. The zero-order valence-corrected chi connectivity index (χ0v) is 10.5. The number of hydroxylamine groups is 2. The molecule has 1 amide bonds. The van der Waals surface area contributed by atoms with Crippen LogP contribution in [0.2, 0.25) is 0 Å². The smallest absolute Gasteiger partial charge is 0.406 e. The van der Waals surface area contributed by atoms with E-state index in [1.807, 2.05) is 0 Å². The number of halogens is 3. The molecule has 0 N–H and O–H groups in total. The van der Waals surface area contributed by atoms with Crippen molar-refractivity contribution in [2.45, 2.75) is 19.2 Å². The van der Waals surface area contributed by atoms with Crippen LogP contribution in [0.1, 0.15) is 12.0 Å². The maximum absolute atomic E-state index is 11.9. The van der Waals surface area contributed by atoms with Crippen molar-refractivity contribution in [3.8, 4) is 5.75 Å². The Balaban J connectivity index is 2.51. The zero-order valence-electron chi connectivity index (χ0n) is 10.5. The van der Waals surface area contributed by atoms with Crippen LogP contribution in [0.5, 0.6) is 5.75 Å². The summed E-state index contributed by atoms with van der Waals surface area (Å²) >= 11 is 0. The molecule has 1 rings (SSSR count). The van der Waals surface area contributed by atoms with Crippen molar-refractivity contribution in [1.82, 2.24) is 5.06 Å². The van der Waals surface area contributed by atoms with Gasteiger partial charge in [-0.15, -0.1) is 13.2 Å². The van der Waals surface area contributed by atoms with Crippen LogP contribution in [0.15, 0.2) is 24.3 Å². The topological polar surface area (TPSA) is 38.8 Å². The third-order valence-corrected chi connectivity index (χ3v) is 2.41.